The molecule has 0 aliphatic rings. The molecule has 1 N–H and O–H groups in total. The van der Waals surface area contributed by atoms with Crippen LogP contribution in [0.5, 0.6) is 0 Å². The number of hydrogen-bond donors (Lipinski definition) is 1. The van der Waals surface area contributed by atoms with Crippen molar-refractivity contribution in [1.29, 1.82) is 0 Å². The summed E-state index contributed by atoms with van der Waals surface area (Å²) >= 11 is 6.14. The van der Waals surface area contributed by atoms with E-state index in [2.05, 4.69) is 10.3 Å². The zero-order valence-corrected chi connectivity index (χ0v) is 19.8. The summed E-state index contributed by atoms with van der Waals surface area (Å²) in [5, 5.41) is 4.78. The predicted octanol–water partition coefficient (Wildman–Crippen LogP) is 6.79. The van der Waals surface area contributed by atoms with Crippen LogP contribution in [0.3, 0.4) is 0 Å². The zero-order chi connectivity index (χ0) is 24.5. The molecule has 1 atom stereocenters. The first kappa shape index (κ1) is 22.6. The predicted molar refractivity (Wildman–Crippen MR) is 137 cm³/mol. The monoisotopic (exact) mass is 484 g/mol. The van der Waals surface area contributed by atoms with Gasteiger partial charge in [-0.1, -0.05) is 54.1 Å². The number of aromatic nitrogens is 1. The van der Waals surface area contributed by atoms with E-state index in [1.165, 1.54) is 6.92 Å². The van der Waals surface area contributed by atoms with Crippen LogP contribution in [0.4, 0.5) is 5.69 Å². The number of oxazole rings is 1. The van der Waals surface area contributed by atoms with Crippen molar-refractivity contribution in [3.63, 3.8) is 0 Å². The molecule has 0 spiro atoms. The van der Waals surface area contributed by atoms with Gasteiger partial charge in [-0.15, -0.1) is 0 Å². The van der Waals surface area contributed by atoms with Crippen LogP contribution in [0.2, 0.25) is 5.02 Å². The van der Waals surface area contributed by atoms with Crippen LogP contribution in [-0.2, 0) is 9.53 Å². The summed E-state index contributed by atoms with van der Waals surface area (Å²) in [6.07, 6.45) is -1.03. The molecule has 0 aliphatic heterocycles. The minimum Gasteiger partial charge on any atom is -0.449 e. The van der Waals surface area contributed by atoms with Crippen molar-refractivity contribution in [2.24, 2.45) is 0 Å². The first-order chi connectivity index (χ1) is 16.9. The highest BCUT2D eigenvalue weighted by Crippen LogP contribution is 2.33. The van der Waals surface area contributed by atoms with Crippen LogP contribution in [-0.4, -0.2) is 23.0 Å². The Kier molecular flexibility index (Phi) is 5.97. The van der Waals surface area contributed by atoms with Crippen molar-refractivity contribution in [1.82, 2.24) is 4.98 Å². The smallest absolute Gasteiger partial charge is 0.339 e. The molecule has 1 amide bonds. The number of nitrogens with one attached hydrogen (secondary N) is 1. The lowest BCUT2D eigenvalue weighted by Crippen LogP contribution is -2.30. The van der Waals surface area contributed by atoms with Crippen LogP contribution in [0.15, 0.2) is 83.3 Å². The van der Waals surface area contributed by atoms with E-state index < -0.39 is 18.0 Å². The quantitative estimate of drug-likeness (QED) is 0.277. The molecule has 0 aliphatic carbocycles. The van der Waals surface area contributed by atoms with Crippen molar-refractivity contribution < 1.29 is 18.7 Å². The lowest BCUT2D eigenvalue weighted by Gasteiger charge is -2.16. The summed E-state index contributed by atoms with van der Waals surface area (Å²) in [6.45, 7) is 3.33. The number of halogens is 1. The number of benzene rings is 4. The highest BCUT2D eigenvalue weighted by atomic mass is 35.5. The van der Waals surface area contributed by atoms with E-state index in [9.17, 15) is 9.59 Å². The summed E-state index contributed by atoms with van der Waals surface area (Å²) < 4.78 is 11.5. The summed E-state index contributed by atoms with van der Waals surface area (Å²) in [5.41, 5.74) is 3.66. The number of nitrogens with zero attached hydrogens (tertiary/aromatic N) is 1. The largest absolute Gasteiger partial charge is 0.449 e. The van der Waals surface area contributed by atoms with Crippen molar-refractivity contribution in [2.75, 3.05) is 5.32 Å². The second kappa shape index (κ2) is 9.24. The summed E-state index contributed by atoms with van der Waals surface area (Å²) in [4.78, 5) is 30.6. The number of para-hydroxylation sites is 2. The average molecular weight is 485 g/mol. The van der Waals surface area contributed by atoms with E-state index in [1.54, 1.807) is 37.3 Å². The van der Waals surface area contributed by atoms with Gasteiger partial charge in [0, 0.05) is 21.7 Å². The Bertz CT molecular complexity index is 1550. The molecule has 5 rings (SSSR count). The molecule has 35 heavy (non-hydrogen) atoms. The fourth-order valence-corrected chi connectivity index (χ4v) is 4.11. The third-order valence-corrected chi connectivity index (χ3v) is 6.24. The lowest BCUT2D eigenvalue weighted by atomic mass is 9.99. The Morgan fingerprint density at radius 1 is 0.971 bits per heavy atom. The maximum absolute atomic E-state index is 13.2. The average Bonchev–Trinajstić information content (AvgIpc) is 3.30. The molecular formula is C28H21ClN2O4. The van der Waals surface area contributed by atoms with Crippen LogP contribution < -0.4 is 5.32 Å². The fourth-order valence-electron chi connectivity index (χ4n) is 3.93. The molecule has 0 radical (unpaired) electrons. The van der Waals surface area contributed by atoms with Gasteiger partial charge in [-0.05, 0) is 61.2 Å². The van der Waals surface area contributed by atoms with Crippen molar-refractivity contribution in [3.05, 3.63) is 95.0 Å². The van der Waals surface area contributed by atoms with Crippen molar-refractivity contribution in [3.8, 4) is 11.5 Å². The number of esters is 1. The molecule has 7 heteroatoms. The highest BCUT2D eigenvalue weighted by molar-refractivity contribution is 6.31. The highest BCUT2D eigenvalue weighted by Gasteiger charge is 2.23. The number of amides is 1. The molecular weight excluding hydrogens is 464 g/mol. The number of fused-ring (bicyclic) bond motifs is 2. The minimum atomic E-state index is -1.03. The summed E-state index contributed by atoms with van der Waals surface area (Å²) in [7, 11) is 0. The van der Waals surface area contributed by atoms with Gasteiger partial charge >= 0.3 is 5.97 Å². The second-order valence-electron chi connectivity index (χ2n) is 8.15. The van der Waals surface area contributed by atoms with Gasteiger partial charge in [0.25, 0.3) is 5.91 Å². The van der Waals surface area contributed by atoms with E-state index in [4.69, 9.17) is 20.8 Å². The van der Waals surface area contributed by atoms with E-state index in [0.29, 0.717) is 38.7 Å². The fraction of sp³-hybridized carbons (Fsp3) is 0.107. The van der Waals surface area contributed by atoms with E-state index >= 15 is 0 Å². The van der Waals surface area contributed by atoms with Gasteiger partial charge in [-0.2, -0.15) is 0 Å². The molecule has 0 saturated heterocycles. The Balaban J connectivity index is 1.46. The molecule has 1 aromatic heterocycles. The topological polar surface area (TPSA) is 81.4 Å². The number of carbonyl (C=O) groups excluding carboxylic acids is 2. The van der Waals surface area contributed by atoms with Gasteiger partial charge in [-0.3, -0.25) is 4.79 Å². The minimum absolute atomic E-state index is 0.318. The zero-order valence-electron chi connectivity index (χ0n) is 19.0. The summed E-state index contributed by atoms with van der Waals surface area (Å²) in [5.74, 6) is -0.674. The van der Waals surface area contributed by atoms with Crippen LogP contribution >= 0.6 is 11.6 Å². The van der Waals surface area contributed by atoms with Crippen LogP contribution in [0, 0.1) is 6.92 Å². The van der Waals surface area contributed by atoms with Gasteiger partial charge in [-0.25, -0.2) is 9.78 Å². The van der Waals surface area contributed by atoms with E-state index in [1.807, 2.05) is 48.5 Å². The second-order valence-corrected chi connectivity index (χ2v) is 8.55. The first-order valence-corrected chi connectivity index (χ1v) is 11.4. The number of carbonyl (C=O) groups is 2. The van der Waals surface area contributed by atoms with Crippen molar-refractivity contribution >= 4 is 51.0 Å². The normalized spacial score (nSPS) is 12.0. The maximum atomic E-state index is 13.2. The summed E-state index contributed by atoms with van der Waals surface area (Å²) in [6, 6.07) is 23.7. The van der Waals surface area contributed by atoms with Gasteiger partial charge in [0.2, 0.25) is 5.89 Å². The molecule has 0 fully saturated rings. The third-order valence-electron chi connectivity index (χ3n) is 5.83. The van der Waals surface area contributed by atoms with Crippen molar-refractivity contribution in [2.45, 2.75) is 20.0 Å². The number of rotatable bonds is 5. The first-order valence-electron chi connectivity index (χ1n) is 11.1. The van der Waals surface area contributed by atoms with Gasteiger partial charge in [0.05, 0.1) is 5.56 Å². The molecule has 6 nitrogen and oxygen atoms in total. The molecule has 5 aromatic rings. The maximum Gasteiger partial charge on any atom is 0.339 e. The molecule has 4 aromatic carbocycles. The number of anilines is 1. The third kappa shape index (κ3) is 4.36. The number of hydrogen-bond acceptors (Lipinski definition) is 5. The Morgan fingerprint density at radius 3 is 2.51 bits per heavy atom. The SMILES string of the molecule is Cc1c(Cl)cccc1NC(=O)C(C)OC(=O)c1cccc2cccc(-c3nc4ccccc4o3)c12. The lowest BCUT2D eigenvalue weighted by molar-refractivity contribution is -0.123. The molecule has 1 heterocycles. The van der Waals surface area contributed by atoms with Gasteiger partial charge in [0.1, 0.15) is 5.52 Å². The Morgan fingerprint density at radius 2 is 1.71 bits per heavy atom. The van der Waals surface area contributed by atoms with Crippen LogP contribution in [0.25, 0.3) is 33.3 Å². The number of ether oxygens (including phenoxy) is 1. The van der Waals surface area contributed by atoms with E-state index in [-0.39, 0.29) is 0 Å². The van der Waals surface area contributed by atoms with E-state index in [0.717, 1.165) is 16.5 Å². The van der Waals surface area contributed by atoms with Crippen LogP contribution in [0.1, 0.15) is 22.8 Å². The Hall–Kier alpha value is -4.16. The molecule has 0 bridgehead atoms. The molecule has 0 saturated carbocycles. The Labute approximate surface area is 206 Å². The van der Waals surface area contributed by atoms with Gasteiger partial charge < -0.3 is 14.5 Å². The molecule has 174 valence electrons. The van der Waals surface area contributed by atoms with Gasteiger partial charge in [0.15, 0.2) is 11.7 Å². The molecule has 1 unspecified atom stereocenters. The standard InChI is InChI=1S/C28H21ClN2O4/c1-16-21(29)12-7-14-22(16)30-26(32)17(2)34-28(33)20-11-6-9-18-8-5-10-19(25(18)20)27-31-23-13-3-4-15-24(23)35-27/h3-15,17H,1-2H3,(H,30,32).